The number of esters is 1. The molecular weight excluding hydrogens is 386 g/mol. The number of ether oxygens (including phenoxy) is 1. The number of carbonyl (C=O) groups excluding carboxylic acids is 2. The predicted octanol–water partition coefficient (Wildman–Crippen LogP) is 2.69. The monoisotopic (exact) mass is 398 g/mol. The van der Waals surface area contributed by atoms with Crippen molar-refractivity contribution in [3.8, 4) is 0 Å². The molecule has 3 nitrogen and oxygen atoms in total. The Morgan fingerprint density at radius 2 is 1.75 bits per heavy atom. The topological polar surface area (TPSA) is 43.4 Å². The number of hydrogen-bond acceptors (Lipinski definition) is 3. The molecule has 12 heavy (non-hydrogen) atoms. The van der Waals surface area contributed by atoms with Gasteiger partial charge in [-0.2, -0.15) is 0 Å². The van der Waals surface area contributed by atoms with Gasteiger partial charge in [-0.1, -0.05) is 0 Å². The fourth-order valence-electron chi connectivity index (χ4n) is 0.730. The normalized spacial score (nSPS) is 10.8. The summed E-state index contributed by atoms with van der Waals surface area (Å²) in [6.45, 7) is 4.50. The molecule has 0 rings (SSSR count). The van der Waals surface area contributed by atoms with Crippen molar-refractivity contribution in [3.63, 3.8) is 0 Å². The number of Topliss-reactive ketones (excluding diaryl/α,β-unsaturated/α-hetero) is 1. The first kappa shape index (κ1) is 15.1. The Balaban J connectivity index is 0. The van der Waals surface area contributed by atoms with Crippen LogP contribution in [0, 0.1) is 0 Å². The first-order chi connectivity index (χ1) is 5.52. The quantitative estimate of drug-likeness (QED) is 0.543. The molecule has 0 aliphatic rings. The van der Waals surface area contributed by atoms with Crippen LogP contribution in [0.15, 0.2) is 0 Å². The Labute approximate surface area is 95.9 Å². The summed E-state index contributed by atoms with van der Waals surface area (Å²) in [6.07, 6.45) is 0.0227. The van der Waals surface area contributed by atoms with Gasteiger partial charge >= 0.3 is 5.97 Å². The largest absolute Gasteiger partial charge is 0.462 e. The van der Waals surface area contributed by atoms with Gasteiger partial charge in [0.1, 0.15) is 11.9 Å². The predicted molar refractivity (Wildman–Crippen MR) is 64.6 cm³/mol. The summed E-state index contributed by atoms with van der Waals surface area (Å²) in [6, 6.07) is 0. The number of hydrogen-bond donors (Lipinski definition) is 0. The molecule has 0 saturated carbocycles. The van der Waals surface area contributed by atoms with E-state index >= 15 is 0 Å². The van der Waals surface area contributed by atoms with Crippen molar-refractivity contribution in [2.75, 3.05) is 0 Å². The number of halogens is 2. The smallest absolute Gasteiger partial charge is 0.302 e. The molecule has 0 aromatic heterocycles. The van der Waals surface area contributed by atoms with Crippen LogP contribution in [0.4, 0.5) is 0 Å². The van der Waals surface area contributed by atoms with Gasteiger partial charge < -0.3 is 4.74 Å². The van der Waals surface area contributed by atoms with Gasteiger partial charge in [-0.25, -0.2) is 0 Å². The number of rotatable bonds is 3. The lowest BCUT2D eigenvalue weighted by Gasteiger charge is -2.08. The summed E-state index contributed by atoms with van der Waals surface area (Å²) in [5.41, 5.74) is 0. The van der Waals surface area contributed by atoms with E-state index in [1.54, 1.807) is 6.92 Å². The van der Waals surface area contributed by atoms with Gasteiger partial charge in [0.05, 0.1) is 0 Å². The van der Waals surface area contributed by atoms with E-state index in [9.17, 15) is 9.59 Å². The van der Waals surface area contributed by atoms with E-state index in [1.165, 1.54) is 13.8 Å². The lowest BCUT2D eigenvalue weighted by Crippen LogP contribution is -2.15. The molecule has 0 saturated heterocycles. The molecule has 1 atom stereocenters. The van der Waals surface area contributed by atoms with Crippen LogP contribution in [0.2, 0.25) is 0 Å². The van der Waals surface area contributed by atoms with Gasteiger partial charge in [0.15, 0.2) is 0 Å². The van der Waals surface area contributed by atoms with Crippen LogP contribution in [0.25, 0.3) is 0 Å². The minimum atomic E-state index is -0.339. The minimum absolute atomic E-state index is 0.0359. The summed E-state index contributed by atoms with van der Waals surface area (Å²) in [7, 11) is 0. The van der Waals surface area contributed by atoms with Gasteiger partial charge in [0.25, 0.3) is 0 Å². The summed E-state index contributed by atoms with van der Waals surface area (Å²) in [4.78, 5) is 20.7. The second-order valence-electron chi connectivity index (χ2n) is 2.33. The Bertz CT molecular complexity index is 132. The van der Waals surface area contributed by atoms with Gasteiger partial charge in [-0.3, -0.25) is 9.59 Å². The molecule has 0 bridgehead atoms. The van der Waals surface area contributed by atoms with Gasteiger partial charge in [-0.15, -0.1) is 0 Å². The Kier molecular flexibility index (Phi) is 12.2. The average Bonchev–Trinajstić information content (AvgIpc) is 1.87. The molecule has 0 radical (unpaired) electrons. The molecule has 0 aromatic carbocycles. The second kappa shape index (κ2) is 9.69. The van der Waals surface area contributed by atoms with Crippen LogP contribution in [-0.4, -0.2) is 17.9 Å². The number of carbonyl (C=O) groups is 2. The van der Waals surface area contributed by atoms with Crippen LogP contribution in [0.3, 0.4) is 0 Å². The summed E-state index contributed by atoms with van der Waals surface area (Å²) >= 11 is 4.24. The molecule has 0 aliphatic heterocycles. The zero-order chi connectivity index (χ0) is 10.1. The van der Waals surface area contributed by atoms with E-state index in [1.807, 2.05) is 0 Å². The van der Waals surface area contributed by atoms with E-state index in [0.717, 1.165) is 0 Å². The van der Waals surface area contributed by atoms with Gasteiger partial charge in [0.2, 0.25) is 0 Å². The summed E-state index contributed by atoms with van der Waals surface area (Å²) in [5, 5.41) is 0. The third-order valence-electron chi connectivity index (χ3n) is 0.942. The van der Waals surface area contributed by atoms with Crippen LogP contribution >= 0.6 is 37.2 Å². The molecule has 0 amide bonds. The highest BCUT2D eigenvalue weighted by Gasteiger charge is 2.06. The lowest BCUT2D eigenvalue weighted by molar-refractivity contribution is -0.146. The molecule has 72 valence electrons. The fraction of sp³-hybridized carbons (Fsp3) is 0.714. The van der Waals surface area contributed by atoms with Crippen LogP contribution in [0.1, 0.15) is 27.2 Å². The highest BCUT2D eigenvalue weighted by atomic mass is 128. The maximum Gasteiger partial charge on any atom is 0.302 e. The highest BCUT2D eigenvalue weighted by Crippen LogP contribution is 1.97. The number of ketones is 1. The van der Waals surface area contributed by atoms with Gasteiger partial charge in [-0.05, 0) is 13.8 Å². The average molecular weight is 398 g/mol. The fourth-order valence-corrected chi connectivity index (χ4v) is 0.730. The van der Waals surface area contributed by atoms with Crippen molar-refractivity contribution < 1.29 is 14.3 Å². The van der Waals surface area contributed by atoms with Gasteiger partial charge in [0, 0.05) is 50.6 Å². The molecule has 0 aliphatic carbocycles. The summed E-state index contributed by atoms with van der Waals surface area (Å²) < 4.78 is 4.70. The van der Waals surface area contributed by atoms with E-state index in [0.29, 0.717) is 6.42 Å². The van der Waals surface area contributed by atoms with Crippen LogP contribution in [-0.2, 0) is 14.3 Å². The van der Waals surface area contributed by atoms with E-state index in [4.69, 9.17) is 4.74 Å². The van der Waals surface area contributed by atoms with Crippen molar-refractivity contribution >= 4 is 49.0 Å². The Morgan fingerprint density at radius 3 is 2.00 bits per heavy atom. The lowest BCUT2D eigenvalue weighted by atomic mass is 10.2. The SMILES string of the molecule is CC(=O)CC(C)OC(C)=O.II. The van der Waals surface area contributed by atoms with E-state index in [2.05, 4.69) is 37.2 Å². The first-order valence-electron chi connectivity index (χ1n) is 3.33. The maximum absolute atomic E-state index is 10.4. The molecule has 0 N–H and O–H groups in total. The van der Waals surface area contributed by atoms with Crippen molar-refractivity contribution in [1.82, 2.24) is 0 Å². The molecule has 1 unspecified atom stereocenters. The van der Waals surface area contributed by atoms with E-state index in [-0.39, 0.29) is 17.9 Å². The highest BCUT2D eigenvalue weighted by molar-refractivity contribution is 15.0. The Hall–Kier alpha value is 0.600. The second-order valence-corrected chi connectivity index (χ2v) is 2.33. The van der Waals surface area contributed by atoms with Crippen molar-refractivity contribution in [3.05, 3.63) is 0 Å². The Morgan fingerprint density at radius 1 is 1.33 bits per heavy atom. The zero-order valence-electron chi connectivity index (χ0n) is 7.27. The molecule has 0 spiro atoms. The molecule has 0 aromatic rings. The van der Waals surface area contributed by atoms with Crippen molar-refractivity contribution in [2.24, 2.45) is 0 Å². The molecule has 0 fully saturated rings. The van der Waals surface area contributed by atoms with E-state index < -0.39 is 0 Å². The van der Waals surface area contributed by atoms with Crippen molar-refractivity contribution in [2.45, 2.75) is 33.3 Å². The summed E-state index contributed by atoms with van der Waals surface area (Å²) in [5.74, 6) is -0.303. The van der Waals surface area contributed by atoms with Crippen LogP contribution in [0.5, 0.6) is 0 Å². The third kappa shape index (κ3) is 13.2. The zero-order valence-corrected chi connectivity index (χ0v) is 11.6. The first-order valence-corrected chi connectivity index (χ1v) is 9.62. The minimum Gasteiger partial charge on any atom is -0.462 e. The third-order valence-corrected chi connectivity index (χ3v) is 0.942. The van der Waals surface area contributed by atoms with Crippen LogP contribution < -0.4 is 0 Å². The van der Waals surface area contributed by atoms with Crippen molar-refractivity contribution in [1.29, 1.82) is 0 Å². The molecule has 5 heteroatoms. The molecule has 0 heterocycles. The standard InChI is InChI=1S/C7H12O3.I2/c1-5(8)4-6(2)10-7(3)9;1-2/h6H,4H2,1-3H3;. The molecular formula is C7H12I2O3. The maximum atomic E-state index is 10.4.